The van der Waals surface area contributed by atoms with E-state index in [-0.39, 0.29) is 25.7 Å². The van der Waals surface area contributed by atoms with Crippen molar-refractivity contribution < 1.29 is 28.7 Å². The zero-order chi connectivity index (χ0) is 27.0. The molecule has 0 unspecified atom stereocenters. The maximum absolute atomic E-state index is 12.6. The predicted molar refractivity (Wildman–Crippen MR) is 140 cm³/mol. The SMILES string of the molecule is CCOC(=O)C(C)(C)Oc1c(C)cc(CN(CC(=O)ON=C(N)c2cccs2)CN2N=CCO2)cc1C. The van der Waals surface area contributed by atoms with Gasteiger partial charge in [0.2, 0.25) is 0 Å². The van der Waals surface area contributed by atoms with Crippen LogP contribution in [0.3, 0.4) is 0 Å². The monoisotopic (exact) mass is 531 g/mol. The van der Waals surface area contributed by atoms with Crippen LogP contribution >= 0.6 is 11.3 Å². The molecule has 2 aromatic rings. The molecule has 1 aromatic heterocycles. The lowest BCUT2D eigenvalue weighted by molar-refractivity contribution is -0.163. The van der Waals surface area contributed by atoms with Crippen LogP contribution in [-0.4, -0.2) is 66.1 Å². The molecule has 0 spiro atoms. The lowest BCUT2D eigenvalue weighted by Gasteiger charge is -2.27. The number of hydrogen-bond donors (Lipinski definition) is 1. The zero-order valence-corrected chi connectivity index (χ0v) is 22.5. The van der Waals surface area contributed by atoms with Gasteiger partial charge in [-0.3, -0.25) is 4.90 Å². The molecule has 1 aliphatic rings. The normalized spacial score (nSPS) is 13.8. The minimum absolute atomic E-state index is 0.0805. The van der Waals surface area contributed by atoms with Crippen molar-refractivity contribution in [1.82, 2.24) is 10.1 Å². The molecule has 2 N–H and O–H groups in total. The smallest absolute Gasteiger partial charge is 0.349 e. The van der Waals surface area contributed by atoms with Crippen LogP contribution < -0.4 is 10.5 Å². The molecule has 11 nitrogen and oxygen atoms in total. The number of oxime groups is 1. The number of rotatable bonds is 12. The van der Waals surface area contributed by atoms with Crippen LogP contribution in [0, 0.1) is 13.8 Å². The minimum Gasteiger partial charge on any atom is -0.476 e. The van der Waals surface area contributed by atoms with Crippen molar-refractivity contribution in [2.45, 2.75) is 46.8 Å². The number of aryl methyl sites for hydroxylation is 2. The molecule has 37 heavy (non-hydrogen) atoms. The number of nitrogens with two attached hydrogens (primary N) is 1. The highest BCUT2D eigenvalue weighted by Gasteiger charge is 2.32. The van der Waals surface area contributed by atoms with Gasteiger partial charge in [-0.05, 0) is 62.8 Å². The highest BCUT2D eigenvalue weighted by Crippen LogP contribution is 2.29. The van der Waals surface area contributed by atoms with Gasteiger partial charge in [-0.15, -0.1) is 11.3 Å². The molecule has 0 fully saturated rings. The van der Waals surface area contributed by atoms with E-state index in [0.717, 1.165) is 16.7 Å². The topological polar surface area (TPSA) is 128 Å². The average molecular weight is 532 g/mol. The Morgan fingerprint density at radius 3 is 2.62 bits per heavy atom. The fourth-order valence-electron chi connectivity index (χ4n) is 3.61. The van der Waals surface area contributed by atoms with Gasteiger partial charge in [0.1, 0.15) is 25.6 Å². The molecule has 0 aliphatic carbocycles. The maximum Gasteiger partial charge on any atom is 0.349 e. The highest BCUT2D eigenvalue weighted by atomic mass is 32.1. The van der Waals surface area contributed by atoms with Crippen molar-refractivity contribution in [3.8, 4) is 5.75 Å². The largest absolute Gasteiger partial charge is 0.476 e. The van der Waals surface area contributed by atoms with E-state index in [4.69, 9.17) is 24.9 Å². The van der Waals surface area contributed by atoms with Crippen LogP contribution in [0.2, 0.25) is 0 Å². The van der Waals surface area contributed by atoms with Gasteiger partial charge in [0.25, 0.3) is 0 Å². The second-order valence-electron chi connectivity index (χ2n) is 8.88. The Morgan fingerprint density at radius 1 is 1.30 bits per heavy atom. The fraction of sp³-hybridized carbons (Fsp3) is 0.440. The lowest BCUT2D eigenvalue weighted by atomic mass is 10.0. The van der Waals surface area contributed by atoms with E-state index in [1.54, 1.807) is 38.0 Å². The van der Waals surface area contributed by atoms with Crippen LogP contribution in [-0.2, 0) is 30.5 Å². The van der Waals surface area contributed by atoms with Gasteiger partial charge in [0.15, 0.2) is 11.4 Å². The molecular formula is C25H33N5O6S. The predicted octanol–water partition coefficient (Wildman–Crippen LogP) is 2.94. The standard InChI is InChI=1S/C25H33N5O6S/c1-6-33-24(32)25(4,5)35-22-17(2)12-19(13-18(22)3)14-29(16-30-27-9-10-34-30)15-21(31)36-28-23(26)20-8-7-11-37-20/h7-9,11-13H,6,10,14-16H2,1-5H3,(H2,26,28). The first-order valence-corrected chi connectivity index (χ1v) is 12.7. The summed E-state index contributed by atoms with van der Waals surface area (Å²) in [5.74, 6) is -0.267. The molecule has 0 atom stereocenters. The van der Waals surface area contributed by atoms with Crippen LogP contribution in [0.15, 0.2) is 39.9 Å². The van der Waals surface area contributed by atoms with Crippen molar-refractivity contribution in [2.24, 2.45) is 16.0 Å². The number of esters is 1. The summed E-state index contributed by atoms with van der Waals surface area (Å²) in [6.07, 6.45) is 1.63. The second-order valence-corrected chi connectivity index (χ2v) is 9.83. The molecule has 1 aliphatic heterocycles. The van der Waals surface area contributed by atoms with E-state index in [2.05, 4.69) is 10.3 Å². The van der Waals surface area contributed by atoms with Crippen LogP contribution in [0.1, 0.15) is 42.3 Å². The number of carbonyl (C=O) groups excluding carboxylic acids is 2. The first kappa shape index (κ1) is 28.1. The third-order valence-corrected chi connectivity index (χ3v) is 6.14. The van der Waals surface area contributed by atoms with Crippen molar-refractivity contribution in [2.75, 3.05) is 26.4 Å². The van der Waals surface area contributed by atoms with E-state index in [0.29, 0.717) is 23.8 Å². The van der Waals surface area contributed by atoms with E-state index < -0.39 is 17.5 Å². The molecule has 0 radical (unpaired) electrons. The maximum atomic E-state index is 12.6. The van der Waals surface area contributed by atoms with Gasteiger partial charge < -0.3 is 20.0 Å². The third-order valence-electron chi connectivity index (χ3n) is 5.25. The number of ether oxygens (including phenoxy) is 2. The Labute approximate surface area is 220 Å². The van der Waals surface area contributed by atoms with E-state index in [1.807, 2.05) is 37.4 Å². The van der Waals surface area contributed by atoms with Gasteiger partial charge >= 0.3 is 11.9 Å². The number of hydroxylamine groups is 1. The number of amidine groups is 1. The van der Waals surface area contributed by atoms with Crippen molar-refractivity contribution in [3.05, 3.63) is 51.2 Å². The summed E-state index contributed by atoms with van der Waals surface area (Å²) in [6.45, 7) is 10.1. The fourth-order valence-corrected chi connectivity index (χ4v) is 4.23. The Bertz CT molecular complexity index is 1130. The van der Waals surface area contributed by atoms with Crippen LogP contribution in [0.25, 0.3) is 0 Å². The van der Waals surface area contributed by atoms with Gasteiger partial charge in [0, 0.05) is 6.54 Å². The van der Waals surface area contributed by atoms with Crippen LogP contribution in [0.4, 0.5) is 0 Å². The van der Waals surface area contributed by atoms with Gasteiger partial charge in [-0.25, -0.2) is 14.4 Å². The molecule has 200 valence electrons. The molecule has 1 aromatic carbocycles. The van der Waals surface area contributed by atoms with Crippen molar-refractivity contribution in [3.63, 3.8) is 0 Å². The quantitative estimate of drug-likeness (QED) is 0.144. The molecule has 0 bridgehead atoms. The summed E-state index contributed by atoms with van der Waals surface area (Å²) < 4.78 is 11.2. The number of hydrazone groups is 1. The summed E-state index contributed by atoms with van der Waals surface area (Å²) in [6, 6.07) is 7.52. The minimum atomic E-state index is -1.14. The summed E-state index contributed by atoms with van der Waals surface area (Å²) in [5, 5.41) is 11.2. The Kier molecular flexibility index (Phi) is 9.61. The van der Waals surface area contributed by atoms with E-state index in [9.17, 15) is 9.59 Å². The Hall–Kier alpha value is -3.48. The lowest BCUT2D eigenvalue weighted by Crippen LogP contribution is -2.40. The third kappa shape index (κ3) is 8.00. The summed E-state index contributed by atoms with van der Waals surface area (Å²) >= 11 is 1.40. The number of hydrogen-bond acceptors (Lipinski definition) is 11. The molecule has 0 saturated carbocycles. The van der Waals surface area contributed by atoms with Gasteiger partial charge in [0.05, 0.1) is 17.7 Å². The first-order chi connectivity index (χ1) is 17.6. The number of benzene rings is 1. The van der Waals surface area contributed by atoms with E-state index in [1.165, 1.54) is 16.5 Å². The van der Waals surface area contributed by atoms with Gasteiger partial charge in [-0.1, -0.05) is 23.4 Å². The first-order valence-electron chi connectivity index (χ1n) is 11.8. The van der Waals surface area contributed by atoms with Gasteiger partial charge in [-0.2, -0.15) is 10.3 Å². The second kappa shape index (κ2) is 12.7. The molecule has 0 amide bonds. The highest BCUT2D eigenvalue weighted by molar-refractivity contribution is 7.12. The Morgan fingerprint density at radius 2 is 2.03 bits per heavy atom. The average Bonchev–Trinajstić information content (AvgIpc) is 3.55. The van der Waals surface area contributed by atoms with E-state index >= 15 is 0 Å². The summed E-state index contributed by atoms with van der Waals surface area (Å²) in [5.41, 5.74) is 7.36. The molecule has 2 heterocycles. The molecule has 0 saturated heterocycles. The zero-order valence-electron chi connectivity index (χ0n) is 21.7. The number of nitrogens with zero attached hydrogens (tertiary/aromatic N) is 4. The summed E-state index contributed by atoms with van der Waals surface area (Å²) in [7, 11) is 0. The van der Waals surface area contributed by atoms with Crippen LogP contribution in [0.5, 0.6) is 5.75 Å². The Balaban J connectivity index is 1.72. The summed E-state index contributed by atoms with van der Waals surface area (Å²) in [4.78, 5) is 37.8. The van der Waals surface area contributed by atoms with Crippen molar-refractivity contribution >= 4 is 35.3 Å². The number of thiophene rings is 1. The molecular weight excluding hydrogens is 498 g/mol. The molecule has 12 heteroatoms. The number of carbonyl (C=O) groups is 2. The molecule has 3 rings (SSSR count). The van der Waals surface area contributed by atoms with Crippen molar-refractivity contribution in [1.29, 1.82) is 0 Å².